The fourth-order valence-electron chi connectivity index (χ4n) is 5.31. The zero-order valence-electron chi connectivity index (χ0n) is 28.3. The summed E-state index contributed by atoms with van der Waals surface area (Å²) in [6, 6.07) is -0.763. The van der Waals surface area contributed by atoms with Crippen LogP contribution in [0.1, 0.15) is 174 Å². The highest BCUT2D eigenvalue weighted by atomic mass is 16.3. The van der Waals surface area contributed by atoms with Crippen molar-refractivity contribution in [3.8, 4) is 0 Å². The maximum Gasteiger partial charge on any atom is 0.222 e. The maximum absolute atomic E-state index is 12.3. The lowest BCUT2D eigenvalue weighted by atomic mass is 10.0. The molecule has 3 unspecified atom stereocenters. The Balaban J connectivity index is 3.83. The van der Waals surface area contributed by atoms with Gasteiger partial charge in [0.15, 0.2) is 0 Å². The predicted octanol–water partition coefficient (Wildman–Crippen LogP) is 9.65. The summed E-state index contributed by atoms with van der Waals surface area (Å²) in [5, 5.41) is 33.0. The van der Waals surface area contributed by atoms with Crippen LogP contribution in [0.2, 0.25) is 0 Å². The number of hydrogen-bond acceptors (Lipinski definition) is 4. The summed E-state index contributed by atoms with van der Waals surface area (Å²) in [5.41, 5.74) is 0. The van der Waals surface area contributed by atoms with Gasteiger partial charge in [-0.25, -0.2) is 0 Å². The third-order valence-electron chi connectivity index (χ3n) is 8.16. The van der Waals surface area contributed by atoms with Crippen LogP contribution in [0.5, 0.6) is 0 Å². The normalized spacial score (nSPS) is 14.3. The van der Waals surface area contributed by atoms with E-state index in [1.54, 1.807) is 6.08 Å². The van der Waals surface area contributed by atoms with Crippen LogP contribution in [-0.2, 0) is 4.79 Å². The molecule has 0 spiro atoms. The van der Waals surface area contributed by atoms with E-state index in [1.165, 1.54) is 109 Å². The zero-order chi connectivity index (χ0) is 31.6. The molecule has 0 saturated heterocycles. The van der Waals surface area contributed by atoms with Crippen LogP contribution in [0.25, 0.3) is 0 Å². The third-order valence-corrected chi connectivity index (χ3v) is 8.16. The lowest BCUT2D eigenvalue weighted by Gasteiger charge is -2.21. The van der Waals surface area contributed by atoms with Crippen molar-refractivity contribution in [3.05, 3.63) is 36.5 Å². The van der Waals surface area contributed by atoms with E-state index in [1.807, 2.05) is 6.08 Å². The van der Waals surface area contributed by atoms with Gasteiger partial charge in [0.05, 0.1) is 31.3 Å². The Morgan fingerprint density at radius 3 is 1.49 bits per heavy atom. The van der Waals surface area contributed by atoms with E-state index in [-0.39, 0.29) is 18.9 Å². The van der Waals surface area contributed by atoms with E-state index in [4.69, 9.17) is 0 Å². The van der Waals surface area contributed by atoms with Crippen molar-refractivity contribution >= 4 is 5.91 Å². The molecule has 1 amide bonds. The van der Waals surface area contributed by atoms with Crippen LogP contribution in [0.3, 0.4) is 0 Å². The summed E-state index contributed by atoms with van der Waals surface area (Å²) < 4.78 is 0. The first kappa shape index (κ1) is 41.6. The van der Waals surface area contributed by atoms with Crippen LogP contribution >= 0.6 is 0 Å². The van der Waals surface area contributed by atoms with Crippen molar-refractivity contribution in [2.45, 2.75) is 193 Å². The smallest absolute Gasteiger partial charge is 0.222 e. The van der Waals surface area contributed by atoms with Gasteiger partial charge >= 0.3 is 0 Å². The molecule has 5 heteroatoms. The van der Waals surface area contributed by atoms with Crippen LogP contribution in [0.15, 0.2) is 36.5 Å². The minimum absolute atomic E-state index is 0.00396. The first-order chi connectivity index (χ1) is 21.0. The second kappa shape index (κ2) is 33.5. The lowest BCUT2D eigenvalue weighted by molar-refractivity contribution is -0.124. The molecular weight excluding hydrogens is 534 g/mol. The SMILES string of the molecule is CCCCCCCC/C=C/CC/C=C/CC/C=C/C(O)C(CO)NC(=O)CC(O)CCCCCCCCCCCCCC. The van der Waals surface area contributed by atoms with Crippen molar-refractivity contribution in [1.82, 2.24) is 5.32 Å². The highest BCUT2D eigenvalue weighted by Crippen LogP contribution is 2.14. The molecule has 3 atom stereocenters. The molecule has 0 radical (unpaired) electrons. The van der Waals surface area contributed by atoms with Gasteiger partial charge in [-0.1, -0.05) is 159 Å². The molecule has 43 heavy (non-hydrogen) atoms. The molecule has 0 aliphatic heterocycles. The summed E-state index contributed by atoms with van der Waals surface area (Å²) in [7, 11) is 0. The zero-order valence-corrected chi connectivity index (χ0v) is 28.3. The van der Waals surface area contributed by atoms with E-state index >= 15 is 0 Å². The highest BCUT2D eigenvalue weighted by Gasteiger charge is 2.20. The van der Waals surface area contributed by atoms with Gasteiger partial charge in [-0.15, -0.1) is 0 Å². The van der Waals surface area contributed by atoms with E-state index < -0.39 is 18.2 Å². The average Bonchev–Trinajstić information content (AvgIpc) is 3.00. The quantitative estimate of drug-likeness (QED) is 0.0454. The van der Waals surface area contributed by atoms with E-state index in [0.717, 1.165) is 38.5 Å². The molecule has 0 saturated carbocycles. The van der Waals surface area contributed by atoms with Crippen LogP contribution in [-0.4, -0.2) is 46.1 Å². The van der Waals surface area contributed by atoms with Gasteiger partial charge in [0.1, 0.15) is 0 Å². The fraction of sp³-hybridized carbons (Fsp3) is 0.816. The second-order valence-corrected chi connectivity index (χ2v) is 12.5. The van der Waals surface area contributed by atoms with E-state index in [9.17, 15) is 20.1 Å². The number of amides is 1. The minimum Gasteiger partial charge on any atom is -0.394 e. The van der Waals surface area contributed by atoms with E-state index in [2.05, 4.69) is 43.5 Å². The molecule has 0 aromatic rings. The number of carbonyl (C=O) groups is 1. The Kier molecular flexibility index (Phi) is 32.3. The summed E-state index contributed by atoms with van der Waals surface area (Å²) in [5.74, 6) is -0.332. The maximum atomic E-state index is 12.3. The number of unbranched alkanes of at least 4 members (excludes halogenated alkanes) is 19. The molecule has 0 heterocycles. The van der Waals surface area contributed by atoms with Crippen molar-refractivity contribution in [1.29, 1.82) is 0 Å². The molecule has 4 N–H and O–H groups in total. The highest BCUT2D eigenvalue weighted by molar-refractivity contribution is 5.76. The largest absolute Gasteiger partial charge is 0.394 e. The van der Waals surface area contributed by atoms with Crippen molar-refractivity contribution in [2.75, 3.05) is 6.61 Å². The van der Waals surface area contributed by atoms with Gasteiger partial charge in [0.2, 0.25) is 5.91 Å². The Hall–Kier alpha value is -1.43. The van der Waals surface area contributed by atoms with Gasteiger partial charge in [-0.05, 0) is 44.9 Å². The number of allylic oxidation sites excluding steroid dienone is 5. The topological polar surface area (TPSA) is 89.8 Å². The monoisotopic (exact) mass is 606 g/mol. The Morgan fingerprint density at radius 2 is 1.00 bits per heavy atom. The summed E-state index contributed by atoms with van der Waals surface area (Å²) in [4.78, 5) is 12.3. The molecule has 0 aromatic carbocycles. The van der Waals surface area contributed by atoms with Gasteiger partial charge in [0.25, 0.3) is 0 Å². The van der Waals surface area contributed by atoms with Crippen molar-refractivity contribution in [3.63, 3.8) is 0 Å². The minimum atomic E-state index is -0.955. The number of hydrogen-bond donors (Lipinski definition) is 4. The first-order valence-electron chi connectivity index (χ1n) is 18.3. The second-order valence-electron chi connectivity index (χ2n) is 12.5. The van der Waals surface area contributed by atoms with Crippen LogP contribution in [0, 0.1) is 0 Å². The molecule has 0 fully saturated rings. The Bertz CT molecular complexity index is 675. The van der Waals surface area contributed by atoms with Crippen molar-refractivity contribution in [2.24, 2.45) is 0 Å². The Morgan fingerprint density at radius 1 is 0.581 bits per heavy atom. The molecule has 5 nitrogen and oxygen atoms in total. The predicted molar refractivity (Wildman–Crippen MR) is 185 cm³/mol. The summed E-state index contributed by atoms with van der Waals surface area (Å²) in [6.07, 6.45) is 39.8. The Labute approximate surface area is 266 Å². The molecule has 0 bridgehead atoms. The fourth-order valence-corrected chi connectivity index (χ4v) is 5.31. The molecule has 0 aliphatic carbocycles. The number of aliphatic hydroxyl groups is 3. The van der Waals surface area contributed by atoms with Gasteiger partial charge in [-0.3, -0.25) is 4.79 Å². The average molecular weight is 606 g/mol. The summed E-state index contributed by atoms with van der Waals surface area (Å²) >= 11 is 0. The molecule has 0 rings (SSSR count). The van der Waals surface area contributed by atoms with Crippen LogP contribution in [0.4, 0.5) is 0 Å². The number of nitrogens with one attached hydrogen (secondary N) is 1. The number of rotatable bonds is 32. The molecule has 0 aliphatic rings. The first-order valence-corrected chi connectivity index (χ1v) is 18.3. The summed E-state index contributed by atoms with van der Waals surface area (Å²) in [6.45, 7) is 4.16. The lowest BCUT2D eigenvalue weighted by Crippen LogP contribution is -2.45. The molecule has 0 aromatic heterocycles. The molecule has 252 valence electrons. The van der Waals surface area contributed by atoms with Gasteiger partial charge in [0, 0.05) is 0 Å². The van der Waals surface area contributed by atoms with Crippen LogP contribution < -0.4 is 5.32 Å². The standard InChI is InChI=1S/C38H71NO4/c1-3-5-7-9-11-13-15-17-18-19-20-22-24-26-28-30-32-37(42)36(34-40)39-38(43)33-35(41)31-29-27-25-23-21-16-14-12-10-8-6-4-2/h17-18,22,24,30,32,35-37,40-42H,3-16,19-21,23,25-29,31,33-34H2,1-2H3,(H,39,43)/b18-17+,24-22+,32-30+. The van der Waals surface area contributed by atoms with Gasteiger partial charge < -0.3 is 20.6 Å². The van der Waals surface area contributed by atoms with Crippen molar-refractivity contribution < 1.29 is 20.1 Å². The molecular formula is C38H71NO4. The third kappa shape index (κ3) is 30.4. The number of carbonyl (C=O) groups excluding carboxylic acids is 1. The number of aliphatic hydroxyl groups excluding tert-OH is 3. The van der Waals surface area contributed by atoms with E-state index in [0.29, 0.717) is 6.42 Å². The van der Waals surface area contributed by atoms with Gasteiger partial charge in [-0.2, -0.15) is 0 Å².